The van der Waals surface area contributed by atoms with Gasteiger partial charge in [-0.15, -0.1) is 11.8 Å². The van der Waals surface area contributed by atoms with E-state index in [-0.39, 0.29) is 0 Å². The van der Waals surface area contributed by atoms with Crippen LogP contribution in [0.3, 0.4) is 0 Å². The maximum atomic E-state index is 4.01. The van der Waals surface area contributed by atoms with E-state index in [1.54, 1.807) is 6.20 Å². The van der Waals surface area contributed by atoms with Crippen LogP contribution in [0.4, 0.5) is 5.69 Å². The second-order valence-corrected chi connectivity index (χ2v) is 6.16. The number of hydrogen-bond donors (Lipinski definition) is 2. The first-order valence-electron chi connectivity index (χ1n) is 6.98. The molecule has 0 radical (unpaired) electrons. The summed E-state index contributed by atoms with van der Waals surface area (Å²) >= 11 is 1.92. The zero-order valence-electron chi connectivity index (χ0n) is 11.4. The van der Waals surface area contributed by atoms with Gasteiger partial charge >= 0.3 is 0 Å². The van der Waals surface area contributed by atoms with E-state index in [9.17, 15) is 0 Å². The Morgan fingerprint density at radius 1 is 1.10 bits per heavy atom. The Bertz CT molecular complexity index is 752. The molecule has 0 saturated carbocycles. The average Bonchev–Trinajstić information content (AvgIpc) is 3.18. The molecule has 1 aromatic heterocycles. The number of H-pyrrole nitrogens is 1. The van der Waals surface area contributed by atoms with Crippen molar-refractivity contribution < 1.29 is 0 Å². The maximum absolute atomic E-state index is 4.01. The van der Waals surface area contributed by atoms with Crippen LogP contribution in [-0.4, -0.2) is 16.0 Å². The highest BCUT2D eigenvalue weighted by Gasteiger charge is 2.22. The van der Waals surface area contributed by atoms with Gasteiger partial charge in [-0.05, 0) is 29.8 Å². The Labute approximate surface area is 127 Å². The van der Waals surface area contributed by atoms with Crippen LogP contribution in [0.25, 0.3) is 11.3 Å². The zero-order valence-corrected chi connectivity index (χ0v) is 12.2. The minimum Gasteiger partial charge on any atom is -0.377 e. The van der Waals surface area contributed by atoms with Crippen LogP contribution in [0.5, 0.6) is 0 Å². The normalized spacial score (nSPS) is 16.7. The molecule has 1 aliphatic heterocycles. The van der Waals surface area contributed by atoms with Crippen LogP contribution in [-0.2, 0) is 0 Å². The molecule has 3 aromatic rings. The molecule has 0 amide bonds. The predicted molar refractivity (Wildman–Crippen MR) is 87.6 cm³/mol. The van der Waals surface area contributed by atoms with Crippen molar-refractivity contribution in [3.63, 3.8) is 0 Å². The summed E-state index contributed by atoms with van der Waals surface area (Å²) in [5, 5.41) is 10.7. The highest BCUT2D eigenvalue weighted by Crippen LogP contribution is 2.39. The first-order valence-corrected chi connectivity index (χ1v) is 7.97. The lowest BCUT2D eigenvalue weighted by molar-refractivity contribution is 0.900. The Hall–Kier alpha value is -2.20. The number of thioether (sulfide) groups is 1. The van der Waals surface area contributed by atoms with Gasteiger partial charge in [-0.1, -0.05) is 30.3 Å². The van der Waals surface area contributed by atoms with E-state index in [1.165, 1.54) is 10.5 Å². The van der Waals surface area contributed by atoms with Crippen LogP contribution in [0.1, 0.15) is 11.6 Å². The van der Waals surface area contributed by atoms with Gasteiger partial charge in [0, 0.05) is 28.1 Å². The maximum Gasteiger partial charge on any atom is 0.0650 e. The monoisotopic (exact) mass is 293 g/mol. The quantitative estimate of drug-likeness (QED) is 0.755. The number of benzene rings is 2. The van der Waals surface area contributed by atoms with Gasteiger partial charge in [0.15, 0.2) is 0 Å². The van der Waals surface area contributed by atoms with E-state index in [1.807, 2.05) is 17.8 Å². The lowest BCUT2D eigenvalue weighted by Crippen LogP contribution is -2.09. The van der Waals surface area contributed by atoms with Crippen molar-refractivity contribution >= 4 is 17.4 Å². The molecule has 4 rings (SSSR count). The van der Waals surface area contributed by atoms with Gasteiger partial charge in [-0.2, -0.15) is 5.10 Å². The van der Waals surface area contributed by atoms with E-state index < -0.39 is 0 Å². The van der Waals surface area contributed by atoms with Crippen molar-refractivity contribution in [1.29, 1.82) is 0 Å². The number of fused-ring (bicyclic) bond motifs is 1. The van der Waals surface area contributed by atoms with Crippen molar-refractivity contribution in [3.05, 3.63) is 66.4 Å². The highest BCUT2D eigenvalue weighted by atomic mass is 32.2. The molecule has 3 nitrogen and oxygen atoms in total. The topological polar surface area (TPSA) is 40.7 Å². The first kappa shape index (κ1) is 12.5. The van der Waals surface area contributed by atoms with Gasteiger partial charge in [-0.25, -0.2) is 0 Å². The summed E-state index contributed by atoms with van der Waals surface area (Å²) in [6.45, 7) is 0. The van der Waals surface area contributed by atoms with Gasteiger partial charge in [0.25, 0.3) is 0 Å². The van der Waals surface area contributed by atoms with Crippen LogP contribution >= 0.6 is 11.8 Å². The van der Waals surface area contributed by atoms with Gasteiger partial charge in [0.2, 0.25) is 0 Å². The molecule has 1 aliphatic rings. The third-order valence-corrected chi connectivity index (χ3v) is 4.90. The fourth-order valence-corrected chi connectivity index (χ4v) is 3.84. The van der Waals surface area contributed by atoms with Crippen LogP contribution < -0.4 is 5.32 Å². The smallest absolute Gasteiger partial charge is 0.0650 e. The summed E-state index contributed by atoms with van der Waals surface area (Å²) in [5.41, 5.74) is 4.73. The minimum atomic E-state index is 0.378. The zero-order chi connectivity index (χ0) is 14.1. The molecular weight excluding hydrogens is 278 g/mol. The summed E-state index contributed by atoms with van der Waals surface area (Å²) < 4.78 is 0. The second-order valence-electron chi connectivity index (χ2n) is 5.10. The summed E-state index contributed by atoms with van der Waals surface area (Å²) in [4.78, 5) is 1.39. The van der Waals surface area contributed by atoms with Crippen LogP contribution in [0, 0.1) is 0 Å². The largest absolute Gasteiger partial charge is 0.377 e. The van der Waals surface area contributed by atoms with E-state index in [4.69, 9.17) is 0 Å². The number of rotatable bonds is 3. The molecule has 0 saturated heterocycles. The lowest BCUT2D eigenvalue weighted by Gasteiger charge is -2.15. The Balaban J connectivity index is 1.60. The Kier molecular flexibility index (Phi) is 3.16. The molecule has 1 unspecified atom stereocenters. The Morgan fingerprint density at radius 3 is 2.95 bits per heavy atom. The SMILES string of the molecule is c1cc(NC2CSc3ccccc32)cc(-c2ccn[nH]2)c1. The van der Waals surface area contributed by atoms with Crippen molar-refractivity contribution in [2.24, 2.45) is 0 Å². The molecule has 0 spiro atoms. The van der Waals surface area contributed by atoms with Gasteiger partial charge in [-0.3, -0.25) is 5.10 Å². The van der Waals surface area contributed by atoms with Crippen LogP contribution in [0.15, 0.2) is 65.7 Å². The van der Waals surface area contributed by atoms with Crippen molar-refractivity contribution in [1.82, 2.24) is 10.2 Å². The standard InChI is InChI=1S/C17H15N3S/c1-2-7-17-14(6-1)16(11-21-17)19-13-5-3-4-12(10-13)15-8-9-18-20-15/h1-10,16,19H,11H2,(H,18,20). The van der Waals surface area contributed by atoms with E-state index >= 15 is 0 Å². The molecule has 0 fully saturated rings. The van der Waals surface area contributed by atoms with E-state index in [2.05, 4.69) is 64.0 Å². The number of nitrogens with one attached hydrogen (secondary N) is 2. The number of hydrogen-bond acceptors (Lipinski definition) is 3. The summed E-state index contributed by atoms with van der Waals surface area (Å²) in [6, 6.07) is 19.4. The molecule has 0 bridgehead atoms. The van der Waals surface area contributed by atoms with Crippen molar-refractivity contribution in [2.75, 3.05) is 11.1 Å². The number of anilines is 1. The summed E-state index contributed by atoms with van der Waals surface area (Å²) in [7, 11) is 0. The van der Waals surface area contributed by atoms with E-state index in [0.717, 1.165) is 22.7 Å². The van der Waals surface area contributed by atoms with Gasteiger partial charge < -0.3 is 5.32 Å². The summed E-state index contributed by atoms with van der Waals surface area (Å²) in [5.74, 6) is 1.08. The average molecular weight is 293 g/mol. The fraction of sp³-hybridized carbons (Fsp3) is 0.118. The van der Waals surface area contributed by atoms with Crippen molar-refractivity contribution in [2.45, 2.75) is 10.9 Å². The number of nitrogens with zero attached hydrogens (tertiary/aromatic N) is 1. The van der Waals surface area contributed by atoms with Gasteiger partial charge in [0.1, 0.15) is 0 Å². The predicted octanol–water partition coefficient (Wildman–Crippen LogP) is 4.34. The second kappa shape index (κ2) is 5.30. The third kappa shape index (κ3) is 2.43. The highest BCUT2D eigenvalue weighted by molar-refractivity contribution is 7.99. The molecule has 0 aliphatic carbocycles. The molecule has 2 aromatic carbocycles. The molecule has 21 heavy (non-hydrogen) atoms. The molecule has 2 heterocycles. The third-order valence-electron chi connectivity index (χ3n) is 3.72. The fourth-order valence-electron chi connectivity index (χ4n) is 2.68. The number of aromatic amines is 1. The first-order chi connectivity index (χ1) is 10.4. The molecule has 4 heteroatoms. The molecule has 104 valence electrons. The van der Waals surface area contributed by atoms with Crippen LogP contribution in [0.2, 0.25) is 0 Å². The lowest BCUT2D eigenvalue weighted by atomic mass is 10.1. The Morgan fingerprint density at radius 2 is 2.05 bits per heavy atom. The minimum absolute atomic E-state index is 0.378. The number of aromatic nitrogens is 2. The molecular formula is C17H15N3S. The van der Waals surface area contributed by atoms with E-state index in [0.29, 0.717) is 6.04 Å². The molecule has 1 atom stereocenters. The van der Waals surface area contributed by atoms with Gasteiger partial charge in [0.05, 0.1) is 11.7 Å². The molecule has 2 N–H and O–H groups in total. The van der Waals surface area contributed by atoms with Crippen molar-refractivity contribution in [3.8, 4) is 11.3 Å². The summed E-state index contributed by atoms with van der Waals surface area (Å²) in [6.07, 6.45) is 1.78.